The molecule has 2 rings (SSSR count). The quantitative estimate of drug-likeness (QED) is 0.757. The van der Waals surface area contributed by atoms with Crippen LogP contribution in [-0.2, 0) is 9.59 Å². The highest BCUT2D eigenvalue weighted by Crippen LogP contribution is 2.36. The van der Waals surface area contributed by atoms with Crippen LogP contribution in [-0.4, -0.2) is 36.3 Å². The molecule has 5 nitrogen and oxygen atoms in total. The highest BCUT2D eigenvalue weighted by molar-refractivity contribution is 5.83. The molecule has 0 atom stereocenters. The van der Waals surface area contributed by atoms with Crippen LogP contribution >= 0.6 is 0 Å². The van der Waals surface area contributed by atoms with Crippen LogP contribution in [0.3, 0.4) is 0 Å². The lowest BCUT2D eigenvalue weighted by Gasteiger charge is -2.39. The van der Waals surface area contributed by atoms with Crippen LogP contribution in [0.4, 0.5) is 0 Å². The van der Waals surface area contributed by atoms with E-state index in [-0.39, 0.29) is 23.1 Å². The maximum atomic E-state index is 12.9. The summed E-state index contributed by atoms with van der Waals surface area (Å²) in [6, 6.07) is 0. The Hall–Kier alpha value is -1.10. The minimum absolute atomic E-state index is 0.0676. The molecule has 2 aliphatic rings. The largest absolute Gasteiger partial charge is 0.369 e. The summed E-state index contributed by atoms with van der Waals surface area (Å²) in [4.78, 5) is 26.0. The number of nitrogens with zero attached hydrogens (tertiary/aromatic N) is 1. The summed E-state index contributed by atoms with van der Waals surface area (Å²) in [5.41, 5.74) is 11.0. The van der Waals surface area contributed by atoms with Crippen molar-refractivity contribution >= 4 is 11.8 Å². The van der Waals surface area contributed by atoms with Crippen molar-refractivity contribution in [1.29, 1.82) is 0 Å². The molecule has 20 heavy (non-hydrogen) atoms. The van der Waals surface area contributed by atoms with Gasteiger partial charge >= 0.3 is 0 Å². The number of hydrogen-bond acceptors (Lipinski definition) is 3. The van der Waals surface area contributed by atoms with Crippen molar-refractivity contribution in [2.24, 2.45) is 22.8 Å². The summed E-state index contributed by atoms with van der Waals surface area (Å²) in [5.74, 6) is -0.0908. The SMILES string of the molecule is NCC1(C(=O)N2CCC(C(N)=O)CC2)CCCCCC1. The van der Waals surface area contributed by atoms with Gasteiger partial charge < -0.3 is 16.4 Å². The molecule has 0 radical (unpaired) electrons. The number of likely N-dealkylation sites (tertiary alicyclic amines) is 1. The average molecular weight is 281 g/mol. The van der Waals surface area contributed by atoms with Gasteiger partial charge in [0.15, 0.2) is 0 Å². The third kappa shape index (κ3) is 3.14. The molecule has 0 bridgehead atoms. The fraction of sp³-hybridized carbons (Fsp3) is 0.867. The summed E-state index contributed by atoms with van der Waals surface area (Å²) in [6.07, 6.45) is 7.83. The zero-order valence-corrected chi connectivity index (χ0v) is 12.3. The smallest absolute Gasteiger partial charge is 0.230 e. The third-order valence-electron chi connectivity index (χ3n) is 5.09. The molecule has 1 aliphatic carbocycles. The van der Waals surface area contributed by atoms with Crippen molar-refractivity contribution in [2.45, 2.75) is 51.4 Å². The van der Waals surface area contributed by atoms with Gasteiger partial charge in [-0.05, 0) is 25.7 Å². The zero-order valence-electron chi connectivity index (χ0n) is 12.3. The standard InChI is InChI=1S/C15H27N3O2/c16-11-15(7-3-1-2-4-8-15)14(20)18-9-5-12(6-10-18)13(17)19/h12H,1-11,16H2,(H2,17,19). The first-order valence-corrected chi connectivity index (χ1v) is 7.88. The molecule has 0 aromatic rings. The molecule has 0 aromatic heterocycles. The van der Waals surface area contributed by atoms with Crippen molar-refractivity contribution < 1.29 is 9.59 Å². The predicted octanol–water partition coefficient (Wildman–Crippen LogP) is 1.01. The zero-order chi connectivity index (χ0) is 14.6. The lowest BCUT2D eigenvalue weighted by atomic mass is 9.78. The number of primary amides is 1. The van der Waals surface area contributed by atoms with Crippen LogP contribution in [0.1, 0.15) is 51.4 Å². The predicted molar refractivity (Wildman–Crippen MR) is 77.7 cm³/mol. The molecule has 0 unspecified atom stereocenters. The fourth-order valence-electron chi connectivity index (χ4n) is 3.61. The molecule has 2 amide bonds. The first-order valence-electron chi connectivity index (χ1n) is 7.88. The third-order valence-corrected chi connectivity index (χ3v) is 5.09. The molecule has 1 saturated carbocycles. The highest BCUT2D eigenvalue weighted by atomic mass is 16.2. The molecular weight excluding hydrogens is 254 g/mol. The van der Waals surface area contributed by atoms with Crippen LogP contribution in [0, 0.1) is 11.3 Å². The van der Waals surface area contributed by atoms with Gasteiger partial charge in [-0.15, -0.1) is 0 Å². The normalized spacial score (nSPS) is 24.1. The molecule has 4 N–H and O–H groups in total. The van der Waals surface area contributed by atoms with E-state index in [9.17, 15) is 9.59 Å². The van der Waals surface area contributed by atoms with Gasteiger partial charge in [0.1, 0.15) is 0 Å². The summed E-state index contributed by atoms with van der Waals surface area (Å²) in [7, 11) is 0. The highest BCUT2D eigenvalue weighted by Gasteiger charge is 2.41. The second-order valence-electron chi connectivity index (χ2n) is 6.37. The Bertz CT molecular complexity index is 354. The molecule has 1 saturated heterocycles. The lowest BCUT2D eigenvalue weighted by Crippen LogP contribution is -2.51. The van der Waals surface area contributed by atoms with Gasteiger partial charge in [-0.2, -0.15) is 0 Å². The topological polar surface area (TPSA) is 89.4 Å². The monoisotopic (exact) mass is 281 g/mol. The van der Waals surface area contributed by atoms with E-state index in [0.717, 1.165) is 25.7 Å². The fourth-order valence-corrected chi connectivity index (χ4v) is 3.61. The van der Waals surface area contributed by atoms with Gasteiger partial charge in [-0.1, -0.05) is 25.7 Å². The van der Waals surface area contributed by atoms with E-state index < -0.39 is 0 Å². The number of hydrogen-bond donors (Lipinski definition) is 2. The molecule has 1 heterocycles. The number of nitrogens with two attached hydrogens (primary N) is 2. The molecule has 0 aromatic carbocycles. The van der Waals surface area contributed by atoms with Gasteiger partial charge in [0.25, 0.3) is 0 Å². The van der Waals surface area contributed by atoms with Gasteiger partial charge in [-0.25, -0.2) is 0 Å². The molecular formula is C15H27N3O2. The molecule has 1 aliphatic heterocycles. The number of carbonyl (C=O) groups is 2. The van der Waals surface area contributed by atoms with Crippen molar-refractivity contribution in [3.63, 3.8) is 0 Å². The van der Waals surface area contributed by atoms with E-state index >= 15 is 0 Å². The van der Waals surface area contributed by atoms with E-state index in [0.29, 0.717) is 32.5 Å². The minimum Gasteiger partial charge on any atom is -0.369 e. The molecule has 2 fully saturated rings. The lowest BCUT2D eigenvalue weighted by molar-refractivity contribution is -0.145. The summed E-state index contributed by atoms with van der Waals surface area (Å²) >= 11 is 0. The Morgan fingerprint density at radius 3 is 2.05 bits per heavy atom. The second-order valence-corrected chi connectivity index (χ2v) is 6.37. The van der Waals surface area contributed by atoms with E-state index in [1.165, 1.54) is 12.8 Å². The van der Waals surface area contributed by atoms with Crippen LogP contribution in [0.5, 0.6) is 0 Å². The first-order chi connectivity index (χ1) is 9.59. The van der Waals surface area contributed by atoms with Gasteiger partial charge in [0.05, 0.1) is 5.41 Å². The number of carbonyl (C=O) groups excluding carboxylic acids is 2. The van der Waals surface area contributed by atoms with Gasteiger partial charge in [0.2, 0.25) is 11.8 Å². The van der Waals surface area contributed by atoms with E-state index in [1.54, 1.807) is 0 Å². The minimum atomic E-state index is -0.351. The van der Waals surface area contributed by atoms with Crippen molar-refractivity contribution in [3.05, 3.63) is 0 Å². The summed E-state index contributed by atoms with van der Waals surface area (Å²) in [6.45, 7) is 1.74. The molecule has 5 heteroatoms. The number of rotatable bonds is 3. The summed E-state index contributed by atoms with van der Waals surface area (Å²) in [5, 5.41) is 0. The van der Waals surface area contributed by atoms with Crippen LogP contribution in [0.15, 0.2) is 0 Å². The maximum Gasteiger partial charge on any atom is 0.230 e. The maximum absolute atomic E-state index is 12.9. The van der Waals surface area contributed by atoms with Crippen LogP contribution in [0.25, 0.3) is 0 Å². The molecule has 114 valence electrons. The van der Waals surface area contributed by atoms with Gasteiger partial charge in [0, 0.05) is 25.6 Å². The Morgan fingerprint density at radius 1 is 1.05 bits per heavy atom. The summed E-state index contributed by atoms with van der Waals surface area (Å²) < 4.78 is 0. The number of amides is 2. The Labute approximate surface area is 121 Å². The van der Waals surface area contributed by atoms with Crippen molar-refractivity contribution in [2.75, 3.05) is 19.6 Å². The van der Waals surface area contributed by atoms with E-state index in [1.807, 2.05) is 4.90 Å². The van der Waals surface area contributed by atoms with E-state index in [2.05, 4.69) is 0 Å². The second kappa shape index (κ2) is 6.57. The van der Waals surface area contributed by atoms with Gasteiger partial charge in [-0.3, -0.25) is 9.59 Å². The average Bonchev–Trinajstić information content (AvgIpc) is 2.73. The number of piperidine rings is 1. The first kappa shape index (κ1) is 15.3. The van der Waals surface area contributed by atoms with Crippen LogP contribution < -0.4 is 11.5 Å². The van der Waals surface area contributed by atoms with Crippen LogP contribution in [0.2, 0.25) is 0 Å². The van der Waals surface area contributed by atoms with Crippen molar-refractivity contribution in [1.82, 2.24) is 4.90 Å². The Balaban J connectivity index is 2.00. The van der Waals surface area contributed by atoms with E-state index in [4.69, 9.17) is 11.5 Å². The Morgan fingerprint density at radius 2 is 1.60 bits per heavy atom. The molecule has 0 spiro atoms. The van der Waals surface area contributed by atoms with Crippen molar-refractivity contribution in [3.8, 4) is 0 Å². The Kier molecular flexibility index (Phi) is 5.02.